The van der Waals surface area contributed by atoms with Gasteiger partial charge in [0.05, 0.1) is 22.4 Å². The Kier molecular flexibility index (Phi) is 7.03. The number of aryl methyl sites for hydroxylation is 2. The molecule has 0 amide bonds. The Morgan fingerprint density at radius 2 is 1.57 bits per heavy atom. The van der Waals surface area contributed by atoms with Gasteiger partial charge in [0.1, 0.15) is 33.6 Å². The monoisotopic (exact) mass is 608 g/mol. The molecule has 0 bridgehead atoms. The van der Waals surface area contributed by atoms with E-state index in [9.17, 15) is 28.3 Å². The molecule has 44 heavy (non-hydrogen) atoms. The van der Waals surface area contributed by atoms with Crippen molar-refractivity contribution in [2.24, 2.45) is 20.5 Å². The SMILES string of the molecule is Cc1ccc(C)c(N=Nc2c(S(=O)(=O)O)cc3c(ccc4nc(-c5cccc(N=Nc6ccc(O)cc6O)c5)[nH]c43)c2O)c1. The summed E-state index contributed by atoms with van der Waals surface area (Å²) >= 11 is 0. The normalized spacial score (nSPS) is 12.2. The molecule has 220 valence electrons. The van der Waals surface area contributed by atoms with Gasteiger partial charge < -0.3 is 20.3 Å². The lowest BCUT2D eigenvalue weighted by Crippen LogP contribution is -1.99. The summed E-state index contributed by atoms with van der Waals surface area (Å²) in [6.45, 7) is 3.70. The van der Waals surface area contributed by atoms with E-state index in [2.05, 4.69) is 30.4 Å². The van der Waals surface area contributed by atoms with Gasteiger partial charge in [-0.25, -0.2) is 4.98 Å². The summed E-state index contributed by atoms with van der Waals surface area (Å²) in [5.41, 5.74) is 3.94. The molecule has 13 heteroatoms. The van der Waals surface area contributed by atoms with Crippen LogP contribution in [-0.2, 0) is 10.1 Å². The number of phenols is 3. The summed E-state index contributed by atoms with van der Waals surface area (Å²) in [5.74, 6) is -0.377. The fraction of sp³-hybridized carbons (Fsp3) is 0.0645. The van der Waals surface area contributed by atoms with Crippen LogP contribution in [0.1, 0.15) is 11.1 Å². The first kappa shape index (κ1) is 28.5. The summed E-state index contributed by atoms with van der Waals surface area (Å²) in [4.78, 5) is 7.19. The Hall–Kier alpha value is -5.66. The molecule has 0 radical (unpaired) electrons. The van der Waals surface area contributed by atoms with Gasteiger partial charge in [-0.05, 0) is 73.5 Å². The van der Waals surface area contributed by atoms with Crippen molar-refractivity contribution >= 4 is 54.7 Å². The van der Waals surface area contributed by atoms with Gasteiger partial charge >= 0.3 is 0 Å². The first-order chi connectivity index (χ1) is 21.0. The number of benzene rings is 5. The van der Waals surface area contributed by atoms with E-state index in [-0.39, 0.29) is 28.0 Å². The van der Waals surface area contributed by atoms with Gasteiger partial charge in [-0.1, -0.05) is 24.3 Å². The van der Waals surface area contributed by atoms with E-state index in [0.29, 0.717) is 33.8 Å². The molecule has 6 aromatic rings. The Labute approximate surface area is 250 Å². The highest BCUT2D eigenvalue weighted by atomic mass is 32.2. The van der Waals surface area contributed by atoms with Gasteiger partial charge in [-0.3, -0.25) is 4.55 Å². The summed E-state index contributed by atoms with van der Waals surface area (Å²) < 4.78 is 35.0. The average molecular weight is 609 g/mol. The van der Waals surface area contributed by atoms with Crippen molar-refractivity contribution in [2.45, 2.75) is 18.7 Å². The Balaban J connectivity index is 1.44. The Morgan fingerprint density at radius 1 is 0.773 bits per heavy atom. The highest BCUT2D eigenvalue weighted by Gasteiger charge is 2.24. The topological polar surface area (TPSA) is 193 Å². The largest absolute Gasteiger partial charge is 0.508 e. The van der Waals surface area contributed by atoms with Crippen LogP contribution in [-0.4, -0.2) is 38.3 Å². The lowest BCUT2D eigenvalue weighted by molar-refractivity contribution is 0.451. The van der Waals surface area contributed by atoms with Crippen LogP contribution in [0.4, 0.5) is 22.7 Å². The molecule has 0 unspecified atom stereocenters. The predicted molar refractivity (Wildman–Crippen MR) is 165 cm³/mol. The van der Waals surface area contributed by atoms with Crippen molar-refractivity contribution in [1.82, 2.24) is 9.97 Å². The zero-order chi connectivity index (χ0) is 31.2. The average Bonchev–Trinajstić information content (AvgIpc) is 3.42. The molecular formula is C31H24N6O6S. The maximum Gasteiger partial charge on any atom is 0.296 e. The number of H-pyrrole nitrogens is 1. The summed E-state index contributed by atoms with van der Waals surface area (Å²) in [6, 6.07) is 20.9. The number of fused-ring (bicyclic) bond motifs is 3. The molecule has 6 rings (SSSR count). The third-order valence-corrected chi connectivity index (χ3v) is 7.81. The fourth-order valence-electron chi connectivity index (χ4n) is 4.68. The van der Waals surface area contributed by atoms with Crippen molar-refractivity contribution < 1.29 is 28.3 Å². The number of aromatic hydroxyl groups is 3. The zero-order valence-corrected chi connectivity index (χ0v) is 24.1. The van der Waals surface area contributed by atoms with Crippen LogP contribution in [0, 0.1) is 13.8 Å². The second-order valence-corrected chi connectivity index (χ2v) is 11.5. The number of phenolic OH excluding ortho intramolecular Hbond substituents is 3. The summed E-state index contributed by atoms with van der Waals surface area (Å²) in [7, 11) is -4.83. The van der Waals surface area contributed by atoms with E-state index < -0.39 is 26.5 Å². The van der Waals surface area contributed by atoms with Gasteiger partial charge in [0.25, 0.3) is 10.1 Å². The van der Waals surface area contributed by atoms with Crippen LogP contribution in [0.5, 0.6) is 17.2 Å². The maximum absolute atomic E-state index is 12.5. The molecule has 0 fully saturated rings. The van der Waals surface area contributed by atoms with E-state index in [0.717, 1.165) is 17.2 Å². The van der Waals surface area contributed by atoms with Crippen LogP contribution in [0.2, 0.25) is 0 Å². The molecule has 1 aromatic heterocycles. The maximum atomic E-state index is 12.5. The van der Waals surface area contributed by atoms with Crippen molar-refractivity contribution in [1.29, 1.82) is 0 Å². The molecular weight excluding hydrogens is 584 g/mol. The van der Waals surface area contributed by atoms with Crippen LogP contribution in [0.15, 0.2) is 104 Å². The van der Waals surface area contributed by atoms with E-state index in [1.54, 1.807) is 42.5 Å². The molecule has 0 aliphatic heterocycles. The molecule has 0 aliphatic rings. The first-order valence-corrected chi connectivity index (χ1v) is 14.6. The van der Waals surface area contributed by atoms with E-state index in [1.807, 2.05) is 26.0 Å². The van der Waals surface area contributed by atoms with Crippen molar-refractivity contribution in [3.63, 3.8) is 0 Å². The minimum atomic E-state index is -4.83. The second kappa shape index (κ2) is 10.9. The zero-order valence-electron chi connectivity index (χ0n) is 23.3. The van der Waals surface area contributed by atoms with Gasteiger partial charge in [0.2, 0.25) is 0 Å². The number of aromatic amines is 1. The van der Waals surface area contributed by atoms with Crippen molar-refractivity contribution in [3.8, 4) is 28.6 Å². The van der Waals surface area contributed by atoms with E-state index in [4.69, 9.17) is 0 Å². The third kappa shape index (κ3) is 5.44. The third-order valence-electron chi connectivity index (χ3n) is 6.94. The lowest BCUT2D eigenvalue weighted by atomic mass is 10.1. The highest BCUT2D eigenvalue weighted by molar-refractivity contribution is 7.86. The smallest absolute Gasteiger partial charge is 0.296 e. The molecule has 0 saturated heterocycles. The molecule has 0 saturated carbocycles. The standard InChI is InChI=1S/C31H24N6O6S/c1-16-6-7-17(2)25(12-16)36-37-29-27(44(41,42)43)15-22-21(30(29)40)9-11-24-28(22)33-31(32-24)18-4-3-5-19(13-18)34-35-23-10-8-20(38)14-26(23)39/h3-15,38-40H,1-2H3,(H,32,33)(H,41,42,43). The number of azo groups is 2. The number of aromatic nitrogens is 2. The van der Waals surface area contributed by atoms with E-state index in [1.165, 1.54) is 18.2 Å². The van der Waals surface area contributed by atoms with Crippen molar-refractivity contribution in [3.05, 3.63) is 90.0 Å². The number of hydrogen-bond donors (Lipinski definition) is 5. The first-order valence-electron chi connectivity index (χ1n) is 13.2. The van der Waals surface area contributed by atoms with Crippen molar-refractivity contribution in [2.75, 3.05) is 0 Å². The van der Waals surface area contributed by atoms with Gasteiger partial charge in [-0.15, -0.1) is 10.2 Å². The van der Waals surface area contributed by atoms with Crippen LogP contribution >= 0.6 is 0 Å². The number of nitrogens with zero attached hydrogens (tertiary/aromatic N) is 5. The minimum Gasteiger partial charge on any atom is -0.508 e. The molecule has 0 aliphatic carbocycles. The van der Waals surface area contributed by atoms with Gasteiger partial charge in [0.15, 0.2) is 5.75 Å². The Bertz CT molecular complexity index is 2280. The molecule has 0 spiro atoms. The molecule has 5 N–H and O–H groups in total. The Morgan fingerprint density at radius 3 is 2.34 bits per heavy atom. The predicted octanol–water partition coefficient (Wildman–Crippen LogP) is 8.19. The molecule has 0 atom stereocenters. The summed E-state index contributed by atoms with van der Waals surface area (Å²) in [6.07, 6.45) is 0. The summed E-state index contributed by atoms with van der Waals surface area (Å²) in [5, 5.41) is 47.6. The molecule has 5 aromatic carbocycles. The molecule has 12 nitrogen and oxygen atoms in total. The van der Waals surface area contributed by atoms with Crippen LogP contribution in [0.3, 0.4) is 0 Å². The number of hydrogen-bond acceptors (Lipinski definition) is 10. The minimum absolute atomic E-state index is 0.101. The van der Waals surface area contributed by atoms with E-state index >= 15 is 0 Å². The number of rotatable bonds is 6. The second-order valence-electron chi connectivity index (χ2n) is 10.1. The quantitative estimate of drug-likeness (QED) is 0.0928. The lowest BCUT2D eigenvalue weighted by Gasteiger charge is -2.09. The number of nitrogens with one attached hydrogen (secondary N) is 1. The highest BCUT2D eigenvalue weighted by Crippen LogP contribution is 2.43. The van der Waals surface area contributed by atoms with Gasteiger partial charge in [0, 0.05) is 22.4 Å². The number of imidazole rings is 1. The van der Waals surface area contributed by atoms with Gasteiger partial charge in [-0.2, -0.15) is 18.6 Å². The molecule has 1 heterocycles. The fourth-order valence-corrected chi connectivity index (χ4v) is 5.33. The van der Waals surface area contributed by atoms with Crippen LogP contribution in [0.25, 0.3) is 33.2 Å². The van der Waals surface area contributed by atoms with Crippen LogP contribution < -0.4 is 0 Å².